The van der Waals surface area contributed by atoms with Crippen molar-refractivity contribution in [1.82, 2.24) is 10.1 Å². The Hall–Kier alpha value is -2.90. The fourth-order valence-electron chi connectivity index (χ4n) is 3.31. The fraction of sp³-hybridized carbons (Fsp3) is 0.750. The Morgan fingerprint density at radius 2 is 1.00 bits per heavy atom. The molecule has 37 heavy (non-hydrogen) atoms. The zero-order valence-corrected chi connectivity index (χ0v) is 21.9. The molecule has 0 spiro atoms. The highest BCUT2D eigenvalue weighted by molar-refractivity contribution is 6.02. The highest BCUT2D eigenvalue weighted by Gasteiger charge is 2.34. The molecule has 2 rings (SSSR count). The first-order valence-electron chi connectivity index (χ1n) is 12.3. The molecule has 0 aromatic heterocycles. The number of carbonyl (C=O) groups is 6. The number of amides is 4. The van der Waals surface area contributed by atoms with Crippen molar-refractivity contribution in [2.75, 3.05) is 26.4 Å². The van der Waals surface area contributed by atoms with E-state index in [-0.39, 0.29) is 51.7 Å². The highest BCUT2D eigenvalue weighted by atomic mass is 16.7. The van der Waals surface area contributed by atoms with Crippen LogP contribution in [0.1, 0.15) is 79.1 Å². The molecule has 2 aliphatic rings. The summed E-state index contributed by atoms with van der Waals surface area (Å²) in [5.41, 5.74) is -1.10. The van der Waals surface area contributed by atoms with Gasteiger partial charge in [-0.05, 0) is 40.5 Å². The lowest BCUT2D eigenvalue weighted by atomic mass is 10.0. The number of ether oxygens (including phenoxy) is 3. The lowest BCUT2D eigenvalue weighted by Crippen LogP contribution is -2.34. The Labute approximate surface area is 215 Å². The quantitative estimate of drug-likeness (QED) is 0.211. The first-order valence-corrected chi connectivity index (χ1v) is 12.3. The third-order valence-corrected chi connectivity index (χ3v) is 5.69. The Balaban J connectivity index is 1.54. The minimum atomic E-state index is -0.719. The van der Waals surface area contributed by atoms with Crippen LogP contribution in [0.15, 0.2) is 0 Å². The third-order valence-electron chi connectivity index (χ3n) is 5.69. The molecule has 13 heteroatoms. The molecular weight excluding hydrogens is 492 g/mol. The van der Waals surface area contributed by atoms with Crippen molar-refractivity contribution in [3.05, 3.63) is 0 Å². The van der Waals surface area contributed by atoms with Crippen LogP contribution in [-0.4, -0.2) is 83.3 Å². The first kappa shape index (κ1) is 30.3. The van der Waals surface area contributed by atoms with E-state index < -0.39 is 46.8 Å². The third kappa shape index (κ3) is 10.5. The van der Waals surface area contributed by atoms with Gasteiger partial charge in [-0.15, -0.1) is 10.1 Å². The molecule has 2 saturated heterocycles. The molecule has 2 aliphatic heterocycles. The van der Waals surface area contributed by atoms with Crippen LogP contribution in [0.5, 0.6) is 0 Å². The molecule has 13 nitrogen and oxygen atoms in total. The average Bonchev–Trinajstić information content (AvgIpc) is 3.28. The Morgan fingerprint density at radius 3 is 1.46 bits per heavy atom. The van der Waals surface area contributed by atoms with Crippen LogP contribution < -0.4 is 0 Å². The predicted octanol–water partition coefficient (Wildman–Crippen LogP) is 1.37. The van der Waals surface area contributed by atoms with E-state index in [1.54, 1.807) is 0 Å². The van der Waals surface area contributed by atoms with Gasteiger partial charge in [0.2, 0.25) is 0 Å². The van der Waals surface area contributed by atoms with Crippen molar-refractivity contribution in [3.8, 4) is 0 Å². The molecule has 0 saturated carbocycles. The number of hydrogen-bond donors (Lipinski definition) is 0. The topological polar surface area (TPSA) is 155 Å². The number of hydrogen-bond acceptors (Lipinski definition) is 11. The maximum absolute atomic E-state index is 11.9. The summed E-state index contributed by atoms with van der Waals surface area (Å²) in [7, 11) is 0. The summed E-state index contributed by atoms with van der Waals surface area (Å²) >= 11 is 0. The van der Waals surface area contributed by atoms with E-state index in [1.165, 1.54) is 0 Å². The van der Waals surface area contributed by atoms with Crippen LogP contribution in [0, 0.1) is 0 Å². The standard InChI is InChI=1S/C24H36N2O11/c1-23(2,11-15-33-13-9-21(31)36-25-17(27)5-6-18(25)28)35-16-12-24(3,4)34-14-10-22(32)37-26-19(29)7-8-20(26)30/h5-16H2,1-4H3. The highest BCUT2D eigenvalue weighted by Crippen LogP contribution is 2.20. The molecule has 0 N–H and O–H groups in total. The van der Waals surface area contributed by atoms with E-state index in [9.17, 15) is 28.8 Å². The van der Waals surface area contributed by atoms with Gasteiger partial charge in [0.1, 0.15) is 0 Å². The molecule has 0 bridgehead atoms. The number of carbonyl (C=O) groups excluding carboxylic acids is 6. The van der Waals surface area contributed by atoms with Gasteiger partial charge in [0.15, 0.2) is 0 Å². The molecule has 0 radical (unpaired) electrons. The minimum absolute atomic E-state index is 0.0396. The van der Waals surface area contributed by atoms with Gasteiger partial charge in [-0.25, -0.2) is 9.59 Å². The van der Waals surface area contributed by atoms with Gasteiger partial charge in [-0.3, -0.25) is 19.2 Å². The molecule has 0 aliphatic carbocycles. The van der Waals surface area contributed by atoms with Gasteiger partial charge < -0.3 is 23.9 Å². The van der Waals surface area contributed by atoms with E-state index >= 15 is 0 Å². The van der Waals surface area contributed by atoms with E-state index in [4.69, 9.17) is 23.9 Å². The van der Waals surface area contributed by atoms with Crippen LogP contribution in [0.2, 0.25) is 0 Å². The molecule has 208 valence electrons. The molecule has 0 aromatic carbocycles. The van der Waals surface area contributed by atoms with Gasteiger partial charge >= 0.3 is 11.9 Å². The molecule has 0 aromatic rings. The second-order valence-electron chi connectivity index (χ2n) is 9.92. The lowest BCUT2D eigenvalue weighted by Gasteiger charge is -2.29. The normalized spacial score (nSPS) is 16.6. The largest absolute Gasteiger partial charge is 0.381 e. The Kier molecular flexibility index (Phi) is 11.1. The summed E-state index contributed by atoms with van der Waals surface area (Å²) in [6.07, 6.45) is 1.05. The first-order chi connectivity index (χ1) is 17.3. The summed E-state index contributed by atoms with van der Waals surface area (Å²) in [5.74, 6) is -3.54. The lowest BCUT2D eigenvalue weighted by molar-refractivity contribution is -0.198. The van der Waals surface area contributed by atoms with Crippen molar-refractivity contribution in [2.24, 2.45) is 0 Å². The summed E-state index contributed by atoms with van der Waals surface area (Å²) in [6, 6.07) is 0. The van der Waals surface area contributed by atoms with Gasteiger partial charge in [0.25, 0.3) is 23.6 Å². The van der Waals surface area contributed by atoms with Crippen LogP contribution in [0.4, 0.5) is 0 Å². The summed E-state index contributed by atoms with van der Waals surface area (Å²) < 4.78 is 17.1. The van der Waals surface area contributed by atoms with Crippen LogP contribution in [-0.2, 0) is 52.7 Å². The molecule has 0 unspecified atom stereocenters. The summed E-state index contributed by atoms with van der Waals surface area (Å²) in [5, 5.41) is 1.02. The fourth-order valence-corrected chi connectivity index (χ4v) is 3.31. The number of nitrogens with zero attached hydrogens (tertiary/aromatic N) is 2. The van der Waals surface area contributed by atoms with Gasteiger partial charge in [0, 0.05) is 32.3 Å². The van der Waals surface area contributed by atoms with Gasteiger partial charge in [0.05, 0.1) is 43.9 Å². The van der Waals surface area contributed by atoms with E-state index in [0.717, 1.165) is 0 Å². The predicted molar refractivity (Wildman–Crippen MR) is 124 cm³/mol. The number of rotatable bonds is 16. The van der Waals surface area contributed by atoms with Crippen molar-refractivity contribution >= 4 is 35.6 Å². The molecular formula is C24H36N2O11. The van der Waals surface area contributed by atoms with Gasteiger partial charge in [-0.1, -0.05) is 0 Å². The SMILES string of the molecule is CC(C)(CCOCCC(=O)ON1C(=O)CCC1=O)OCCC(C)(C)OCCC(=O)ON1C(=O)CCC1=O. The molecule has 0 atom stereocenters. The smallest absolute Gasteiger partial charge is 0.335 e. The maximum Gasteiger partial charge on any atom is 0.335 e. The van der Waals surface area contributed by atoms with Crippen molar-refractivity contribution in [2.45, 2.75) is 90.3 Å². The molecule has 4 amide bonds. The number of hydroxylamine groups is 4. The van der Waals surface area contributed by atoms with Crippen LogP contribution in [0.3, 0.4) is 0 Å². The van der Waals surface area contributed by atoms with E-state index in [2.05, 4.69) is 0 Å². The zero-order valence-electron chi connectivity index (χ0n) is 21.9. The average molecular weight is 529 g/mol. The second kappa shape index (κ2) is 13.6. The van der Waals surface area contributed by atoms with E-state index in [0.29, 0.717) is 36.2 Å². The summed E-state index contributed by atoms with van der Waals surface area (Å²) in [4.78, 5) is 79.1. The Morgan fingerprint density at radius 1 is 0.622 bits per heavy atom. The zero-order chi connectivity index (χ0) is 27.6. The van der Waals surface area contributed by atoms with Crippen molar-refractivity contribution < 1.29 is 52.7 Å². The van der Waals surface area contributed by atoms with Gasteiger partial charge in [-0.2, -0.15) is 0 Å². The minimum Gasteiger partial charge on any atom is -0.381 e. The molecule has 2 fully saturated rings. The van der Waals surface area contributed by atoms with Crippen LogP contribution in [0.25, 0.3) is 0 Å². The molecule has 2 heterocycles. The summed E-state index contributed by atoms with van der Waals surface area (Å²) in [6.45, 7) is 8.36. The van der Waals surface area contributed by atoms with Crippen molar-refractivity contribution in [3.63, 3.8) is 0 Å². The maximum atomic E-state index is 11.9. The Bertz CT molecular complexity index is 852. The number of imide groups is 2. The van der Waals surface area contributed by atoms with Crippen LogP contribution >= 0.6 is 0 Å². The van der Waals surface area contributed by atoms with E-state index in [1.807, 2.05) is 27.7 Å². The van der Waals surface area contributed by atoms with Crippen molar-refractivity contribution in [1.29, 1.82) is 0 Å². The monoisotopic (exact) mass is 528 g/mol. The second-order valence-corrected chi connectivity index (χ2v) is 9.92.